The highest BCUT2D eigenvalue weighted by Gasteiger charge is 2.14. The molecule has 0 aliphatic rings. The molecule has 6 nitrogen and oxygen atoms in total. The third-order valence-corrected chi connectivity index (χ3v) is 5.41. The Kier molecular flexibility index (Phi) is 6.64. The van der Waals surface area contributed by atoms with E-state index in [1.165, 1.54) is 28.8 Å². The molecule has 0 atom stereocenters. The van der Waals surface area contributed by atoms with E-state index in [-0.39, 0.29) is 11.1 Å². The van der Waals surface area contributed by atoms with Gasteiger partial charge in [-0.15, -0.1) is 0 Å². The molecule has 2 amide bonds. The lowest BCUT2D eigenvalue weighted by atomic mass is 10.1. The maximum absolute atomic E-state index is 13.8. The molecule has 3 aromatic carbocycles. The second-order valence-electron chi connectivity index (χ2n) is 7.69. The Bertz CT molecular complexity index is 1410. The number of aryl methyl sites for hydroxylation is 1. The van der Waals surface area contributed by atoms with Crippen LogP contribution in [-0.2, 0) is 6.54 Å². The number of anilines is 1. The summed E-state index contributed by atoms with van der Waals surface area (Å²) >= 11 is 0. The largest absolute Gasteiger partial charge is 0.348 e. The molecule has 0 fully saturated rings. The third kappa shape index (κ3) is 4.94. The Hall–Kier alpha value is -4.52. The van der Waals surface area contributed by atoms with Crippen molar-refractivity contribution in [3.8, 4) is 5.69 Å². The van der Waals surface area contributed by atoms with Gasteiger partial charge in [0.25, 0.3) is 17.4 Å². The topological polar surface area (TPSA) is 80.2 Å². The van der Waals surface area contributed by atoms with Crippen LogP contribution in [0.5, 0.6) is 0 Å². The van der Waals surface area contributed by atoms with Gasteiger partial charge in [-0.25, -0.2) is 4.39 Å². The van der Waals surface area contributed by atoms with E-state index in [0.29, 0.717) is 17.9 Å². The average Bonchev–Trinajstić information content (AvgIpc) is 2.84. The Labute approximate surface area is 195 Å². The smallest absolute Gasteiger partial charge is 0.267 e. The van der Waals surface area contributed by atoms with Gasteiger partial charge in [-0.3, -0.25) is 19.0 Å². The zero-order valence-corrected chi connectivity index (χ0v) is 18.4. The summed E-state index contributed by atoms with van der Waals surface area (Å²) in [7, 11) is 0. The van der Waals surface area contributed by atoms with E-state index in [9.17, 15) is 18.8 Å². The number of hydrogen-bond acceptors (Lipinski definition) is 3. The molecule has 170 valence electrons. The number of amides is 2. The minimum atomic E-state index is -0.610. The summed E-state index contributed by atoms with van der Waals surface area (Å²) < 4.78 is 15.2. The summed E-state index contributed by atoms with van der Waals surface area (Å²) in [5.74, 6) is -1.65. The number of nitrogens with zero attached hydrogens (tertiary/aromatic N) is 1. The summed E-state index contributed by atoms with van der Waals surface area (Å²) in [5, 5.41) is 5.42. The van der Waals surface area contributed by atoms with Crippen molar-refractivity contribution in [3.63, 3.8) is 0 Å². The normalized spacial score (nSPS) is 10.5. The maximum atomic E-state index is 13.8. The minimum absolute atomic E-state index is 0.0213. The van der Waals surface area contributed by atoms with Crippen molar-refractivity contribution in [2.24, 2.45) is 0 Å². The highest BCUT2D eigenvalue weighted by atomic mass is 19.1. The SMILES string of the molecule is Cc1ccccc1CNC(=O)c1cccn(-c2ccc(NC(=O)c3ccccc3F)cc2)c1=O. The third-order valence-electron chi connectivity index (χ3n) is 5.41. The fraction of sp³-hybridized carbons (Fsp3) is 0.0741. The van der Waals surface area contributed by atoms with Crippen LogP contribution < -0.4 is 16.2 Å². The monoisotopic (exact) mass is 455 g/mol. The van der Waals surface area contributed by atoms with Crippen molar-refractivity contribution in [2.45, 2.75) is 13.5 Å². The molecule has 1 aromatic heterocycles. The zero-order chi connectivity index (χ0) is 24.1. The van der Waals surface area contributed by atoms with Gasteiger partial charge in [0.1, 0.15) is 11.4 Å². The number of benzene rings is 3. The molecule has 4 rings (SSSR count). The van der Waals surface area contributed by atoms with Crippen LogP contribution >= 0.6 is 0 Å². The van der Waals surface area contributed by atoms with Crippen molar-refractivity contribution >= 4 is 17.5 Å². The van der Waals surface area contributed by atoms with Gasteiger partial charge in [0.15, 0.2) is 0 Å². The van der Waals surface area contributed by atoms with Crippen molar-refractivity contribution in [1.82, 2.24) is 9.88 Å². The summed E-state index contributed by atoms with van der Waals surface area (Å²) in [4.78, 5) is 37.9. The lowest BCUT2D eigenvalue weighted by Crippen LogP contribution is -2.32. The molecule has 7 heteroatoms. The molecule has 0 unspecified atom stereocenters. The number of carbonyl (C=O) groups is 2. The molecule has 2 N–H and O–H groups in total. The van der Waals surface area contributed by atoms with E-state index in [1.54, 1.807) is 42.6 Å². The molecule has 0 bridgehead atoms. The second kappa shape index (κ2) is 9.95. The first-order chi connectivity index (χ1) is 16.4. The molecule has 0 aliphatic heterocycles. The lowest BCUT2D eigenvalue weighted by molar-refractivity contribution is 0.0948. The molecular formula is C27H22FN3O3. The summed E-state index contributed by atoms with van der Waals surface area (Å²) in [6.07, 6.45) is 1.56. The number of pyridine rings is 1. The summed E-state index contributed by atoms with van der Waals surface area (Å²) in [6.45, 7) is 2.27. The molecule has 34 heavy (non-hydrogen) atoms. The Morgan fingerprint density at radius 3 is 2.24 bits per heavy atom. The first-order valence-electron chi connectivity index (χ1n) is 10.6. The predicted molar refractivity (Wildman–Crippen MR) is 129 cm³/mol. The Balaban J connectivity index is 1.49. The molecule has 4 aromatic rings. The molecule has 0 spiro atoms. The molecule has 0 aliphatic carbocycles. The number of nitrogens with one attached hydrogen (secondary N) is 2. The van der Waals surface area contributed by atoms with Crippen LogP contribution in [0.4, 0.5) is 10.1 Å². The number of hydrogen-bond donors (Lipinski definition) is 2. The van der Waals surface area contributed by atoms with Crippen LogP contribution in [0.1, 0.15) is 31.8 Å². The van der Waals surface area contributed by atoms with Crippen LogP contribution in [0, 0.1) is 12.7 Å². The quantitative estimate of drug-likeness (QED) is 0.450. The minimum Gasteiger partial charge on any atom is -0.348 e. The van der Waals surface area contributed by atoms with Crippen LogP contribution in [0.15, 0.2) is 95.9 Å². The number of carbonyl (C=O) groups excluding carboxylic acids is 2. The fourth-order valence-electron chi connectivity index (χ4n) is 3.50. The highest BCUT2D eigenvalue weighted by molar-refractivity contribution is 6.04. The standard InChI is InChI=1S/C27H22FN3O3/c1-18-7-2-3-8-19(18)17-29-25(32)23-10-6-16-31(27(23)34)21-14-12-20(13-15-21)30-26(33)22-9-4-5-11-24(22)28/h2-16H,17H2,1H3,(H,29,32)(H,30,33). The molecule has 0 saturated carbocycles. The van der Waals surface area contributed by atoms with E-state index >= 15 is 0 Å². The van der Waals surface area contributed by atoms with Crippen molar-refractivity contribution < 1.29 is 14.0 Å². The first kappa shape index (κ1) is 22.7. The Morgan fingerprint density at radius 2 is 1.50 bits per heavy atom. The van der Waals surface area contributed by atoms with Gasteiger partial charge < -0.3 is 10.6 Å². The molecule has 0 saturated heterocycles. The van der Waals surface area contributed by atoms with Crippen LogP contribution in [-0.4, -0.2) is 16.4 Å². The van der Waals surface area contributed by atoms with E-state index < -0.39 is 23.2 Å². The average molecular weight is 455 g/mol. The van der Waals surface area contributed by atoms with Gasteiger partial charge in [0, 0.05) is 24.1 Å². The molecular weight excluding hydrogens is 433 g/mol. The van der Waals surface area contributed by atoms with E-state index in [0.717, 1.165) is 11.1 Å². The number of aromatic nitrogens is 1. The van der Waals surface area contributed by atoms with Gasteiger partial charge >= 0.3 is 0 Å². The summed E-state index contributed by atoms with van der Waals surface area (Å²) in [5.41, 5.74) is 2.48. The maximum Gasteiger partial charge on any atom is 0.267 e. The van der Waals surface area contributed by atoms with Gasteiger partial charge in [-0.1, -0.05) is 36.4 Å². The van der Waals surface area contributed by atoms with E-state index in [4.69, 9.17) is 0 Å². The second-order valence-corrected chi connectivity index (χ2v) is 7.69. The lowest BCUT2D eigenvalue weighted by Gasteiger charge is -2.11. The van der Waals surface area contributed by atoms with Crippen molar-refractivity contribution in [1.29, 1.82) is 0 Å². The van der Waals surface area contributed by atoms with Gasteiger partial charge in [0.05, 0.1) is 5.56 Å². The van der Waals surface area contributed by atoms with Crippen molar-refractivity contribution in [3.05, 3.63) is 130 Å². The van der Waals surface area contributed by atoms with E-state index in [1.807, 2.05) is 31.2 Å². The van der Waals surface area contributed by atoms with Crippen LogP contribution in [0.3, 0.4) is 0 Å². The van der Waals surface area contributed by atoms with Crippen molar-refractivity contribution in [2.75, 3.05) is 5.32 Å². The van der Waals surface area contributed by atoms with Gasteiger partial charge in [-0.05, 0) is 66.6 Å². The Morgan fingerprint density at radius 1 is 0.824 bits per heavy atom. The summed E-state index contributed by atoms with van der Waals surface area (Å²) in [6, 6.07) is 23.0. The fourth-order valence-corrected chi connectivity index (χ4v) is 3.50. The number of halogens is 1. The number of rotatable bonds is 6. The predicted octanol–water partition coefficient (Wildman–Crippen LogP) is 4.47. The molecule has 0 radical (unpaired) electrons. The highest BCUT2D eigenvalue weighted by Crippen LogP contribution is 2.15. The van der Waals surface area contributed by atoms with Gasteiger partial charge in [0.2, 0.25) is 0 Å². The first-order valence-corrected chi connectivity index (χ1v) is 10.6. The van der Waals surface area contributed by atoms with Gasteiger partial charge in [-0.2, -0.15) is 0 Å². The van der Waals surface area contributed by atoms with Crippen LogP contribution in [0.25, 0.3) is 5.69 Å². The van der Waals surface area contributed by atoms with E-state index in [2.05, 4.69) is 10.6 Å². The zero-order valence-electron chi connectivity index (χ0n) is 18.4. The van der Waals surface area contributed by atoms with Crippen LogP contribution in [0.2, 0.25) is 0 Å². The molecule has 1 heterocycles.